The lowest BCUT2D eigenvalue weighted by molar-refractivity contribution is 0.0940. The molecule has 5 rings (SSSR count). The third kappa shape index (κ3) is 3.01. The van der Waals surface area contributed by atoms with E-state index in [2.05, 4.69) is 44.5 Å². The minimum Gasteiger partial charge on any atom is -0.356 e. The maximum absolute atomic E-state index is 12.5. The molecule has 0 saturated heterocycles. The van der Waals surface area contributed by atoms with Crippen molar-refractivity contribution in [2.24, 2.45) is 0 Å². The van der Waals surface area contributed by atoms with E-state index in [0.717, 1.165) is 49.3 Å². The molecule has 0 radical (unpaired) electrons. The first-order valence-corrected chi connectivity index (χ1v) is 9.71. The number of benzene rings is 1. The molecule has 0 fully saturated rings. The SMILES string of the molecule is O=C1NCCc2c1nc(-c1cccnc1)nc2N1CCc2ccccc2CC1. The summed E-state index contributed by atoms with van der Waals surface area (Å²) in [4.78, 5) is 28.5. The highest BCUT2D eigenvalue weighted by Gasteiger charge is 2.27. The van der Waals surface area contributed by atoms with Crippen molar-refractivity contribution < 1.29 is 4.79 Å². The maximum Gasteiger partial charge on any atom is 0.270 e. The largest absolute Gasteiger partial charge is 0.356 e. The van der Waals surface area contributed by atoms with E-state index in [1.165, 1.54) is 11.1 Å². The summed E-state index contributed by atoms with van der Waals surface area (Å²) in [6.07, 6.45) is 6.17. The summed E-state index contributed by atoms with van der Waals surface area (Å²) in [7, 11) is 0. The van der Waals surface area contributed by atoms with Gasteiger partial charge in [0.1, 0.15) is 11.5 Å². The van der Waals surface area contributed by atoms with E-state index in [9.17, 15) is 4.79 Å². The van der Waals surface area contributed by atoms with E-state index in [1.807, 2.05) is 12.1 Å². The van der Waals surface area contributed by atoms with Gasteiger partial charge in [-0.05, 0) is 42.5 Å². The Hall–Kier alpha value is -3.28. The molecule has 0 saturated carbocycles. The second-order valence-corrected chi connectivity index (χ2v) is 7.20. The third-order valence-corrected chi connectivity index (χ3v) is 5.50. The van der Waals surface area contributed by atoms with Gasteiger partial charge in [0.25, 0.3) is 5.91 Å². The summed E-state index contributed by atoms with van der Waals surface area (Å²) >= 11 is 0. The topological polar surface area (TPSA) is 71.0 Å². The van der Waals surface area contributed by atoms with Gasteiger partial charge in [0.05, 0.1) is 0 Å². The number of carbonyl (C=O) groups excluding carboxylic acids is 1. The first-order valence-electron chi connectivity index (χ1n) is 9.71. The molecule has 1 aromatic carbocycles. The van der Waals surface area contributed by atoms with Crippen molar-refractivity contribution in [2.75, 3.05) is 24.5 Å². The first kappa shape index (κ1) is 16.9. The minimum absolute atomic E-state index is 0.117. The van der Waals surface area contributed by atoms with Gasteiger partial charge in [-0.3, -0.25) is 9.78 Å². The number of nitrogens with zero attached hydrogens (tertiary/aromatic N) is 4. The van der Waals surface area contributed by atoms with Gasteiger partial charge >= 0.3 is 0 Å². The van der Waals surface area contributed by atoms with Gasteiger partial charge in [0, 0.05) is 43.2 Å². The van der Waals surface area contributed by atoms with E-state index >= 15 is 0 Å². The zero-order valence-electron chi connectivity index (χ0n) is 15.6. The van der Waals surface area contributed by atoms with Gasteiger partial charge in [-0.2, -0.15) is 0 Å². The molecule has 1 amide bonds. The van der Waals surface area contributed by atoms with Crippen molar-refractivity contribution in [1.29, 1.82) is 0 Å². The molecule has 1 N–H and O–H groups in total. The second-order valence-electron chi connectivity index (χ2n) is 7.20. The Kier molecular flexibility index (Phi) is 4.24. The molecule has 2 aromatic heterocycles. The van der Waals surface area contributed by atoms with Gasteiger partial charge in [-0.15, -0.1) is 0 Å². The number of aromatic nitrogens is 3. The van der Waals surface area contributed by atoms with Gasteiger partial charge in [0.2, 0.25) is 0 Å². The number of nitrogens with one attached hydrogen (secondary N) is 1. The molecular weight excluding hydrogens is 350 g/mol. The molecule has 0 atom stereocenters. The zero-order valence-corrected chi connectivity index (χ0v) is 15.6. The monoisotopic (exact) mass is 371 g/mol. The molecule has 2 aliphatic rings. The number of pyridine rings is 1. The normalized spacial score (nSPS) is 16.0. The van der Waals surface area contributed by atoms with Crippen LogP contribution in [0.5, 0.6) is 0 Å². The molecule has 140 valence electrons. The van der Waals surface area contributed by atoms with Gasteiger partial charge < -0.3 is 10.2 Å². The Morgan fingerprint density at radius 2 is 1.71 bits per heavy atom. The van der Waals surface area contributed by atoms with Crippen LogP contribution in [0.3, 0.4) is 0 Å². The van der Waals surface area contributed by atoms with Crippen LogP contribution in [0.2, 0.25) is 0 Å². The van der Waals surface area contributed by atoms with Crippen LogP contribution in [0.1, 0.15) is 27.2 Å². The lowest BCUT2D eigenvalue weighted by Crippen LogP contribution is -2.36. The number of amides is 1. The number of rotatable bonds is 2. The van der Waals surface area contributed by atoms with Crippen LogP contribution in [-0.2, 0) is 19.3 Å². The standard InChI is InChI=1S/C22H21N5O/c28-22-19-18(7-11-24-22)21(26-20(25-19)17-6-3-10-23-14-17)27-12-8-15-4-1-2-5-16(15)9-13-27/h1-6,10,14H,7-9,11-13H2,(H,24,28). The number of hydrogen-bond donors (Lipinski definition) is 1. The lowest BCUT2D eigenvalue weighted by atomic mass is 10.0. The number of anilines is 1. The molecule has 0 bridgehead atoms. The summed E-state index contributed by atoms with van der Waals surface area (Å²) in [5, 5.41) is 2.91. The van der Waals surface area contributed by atoms with Crippen LogP contribution >= 0.6 is 0 Å². The average molecular weight is 371 g/mol. The highest BCUT2D eigenvalue weighted by Crippen LogP contribution is 2.29. The van der Waals surface area contributed by atoms with Crippen LogP contribution in [0.4, 0.5) is 5.82 Å². The molecular formula is C22H21N5O. The quantitative estimate of drug-likeness (QED) is 0.749. The highest BCUT2D eigenvalue weighted by atomic mass is 16.1. The van der Waals surface area contributed by atoms with Crippen molar-refractivity contribution in [3.8, 4) is 11.4 Å². The Morgan fingerprint density at radius 1 is 0.929 bits per heavy atom. The van der Waals surface area contributed by atoms with Crippen LogP contribution in [0.15, 0.2) is 48.8 Å². The van der Waals surface area contributed by atoms with Crippen molar-refractivity contribution >= 4 is 11.7 Å². The third-order valence-electron chi connectivity index (χ3n) is 5.50. The van der Waals surface area contributed by atoms with Crippen molar-refractivity contribution in [2.45, 2.75) is 19.3 Å². The number of carbonyl (C=O) groups is 1. The zero-order chi connectivity index (χ0) is 18.9. The number of fused-ring (bicyclic) bond motifs is 2. The summed E-state index contributed by atoms with van der Waals surface area (Å²) in [6, 6.07) is 12.4. The Morgan fingerprint density at radius 3 is 2.43 bits per heavy atom. The second kappa shape index (κ2) is 7.03. The molecule has 4 heterocycles. The molecule has 6 heteroatoms. The predicted octanol–water partition coefficient (Wildman–Crippen LogP) is 2.43. The van der Waals surface area contributed by atoms with Crippen molar-refractivity contribution in [3.05, 3.63) is 71.2 Å². The minimum atomic E-state index is -0.117. The predicted molar refractivity (Wildman–Crippen MR) is 107 cm³/mol. The van der Waals surface area contributed by atoms with Gasteiger partial charge in [-0.1, -0.05) is 24.3 Å². The van der Waals surface area contributed by atoms with Crippen LogP contribution in [0.25, 0.3) is 11.4 Å². The van der Waals surface area contributed by atoms with Crippen LogP contribution < -0.4 is 10.2 Å². The molecule has 28 heavy (non-hydrogen) atoms. The average Bonchev–Trinajstić information content (AvgIpc) is 2.97. The summed E-state index contributed by atoms with van der Waals surface area (Å²) in [5.74, 6) is 1.33. The Bertz CT molecular complexity index is 1010. The maximum atomic E-state index is 12.5. The van der Waals surface area contributed by atoms with E-state index in [4.69, 9.17) is 4.98 Å². The molecule has 0 spiro atoms. The first-order chi connectivity index (χ1) is 13.8. The van der Waals surface area contributed by atoms with E-state index < -0.39 is 0 Å². The molecule has 0 unspecified atom stereocenters. The van der Waals surface area contributed by atoms with Crippen molar-refractivity contribution in [3.63, 3.8) is 0 Å². The Labute approximate surface area is 163 Å². The van der Waals surface area contributed by atoms with Crippen LogP contribution in [-0.4, -0.2) is 40.5 Å². The van der Waals surface area contributed by atoms with E-state index in [1.54, 1.807) is 12.4 Å². The lowest BCUT2D eigenvalue weighted by Gasteiger charge is -2.27. The smallest absolute Gasteiger partial charge is 0.270 e. The van der Waals surface area contributed by atoms with Gasteiger partial charge in [0.15, 0.2) is 5.82 Å². The van der Waals surface area contributed by atoms with Gasteiger partial charge in [-0.25, -0.2) is 9.97 Å². The molecule has 6 nitrogen and oxygen atoms in total. The molecule has 3 aromatic rings. The van der Waals surface area contributed by atoms with E-state index in [-0.39, 0.29) is 5.91 Å². The van der Waals surface area contributed by atoms with Crippen molar-refractivity contribution in [1.82, 2.24) is 20.3 Å². The molecule has 0 aliphatic carbocycles. The summed E-state index contributed by atoms with van der Waals surface area (Å²) in [5.41, 5.74) is 5.08. The Balaban J connectivity index is 1.58. The fraction of sp³-hybridized carbons (Fsp3) is 0.273. The highest BCUT2D eigenvalue weighted by molar-refractivity contribution is 5.96. The van der Waals surface area contributed by atoms with E-state index in [0.29, 0.717) is 18.1 Å². The fourth-order valence-corrected chi connectivity index (χ4v) is 4.04. The summed E-state index contributed by atoms with van der Waals surface area (Å²) in [6.45, 7) is 2.39. The molecule has 2 aliphatic heterocycles. The fourth-order valence-electron chi connectivity index (χ4n) is 4.04. The van der Waals surface area contributed by atoms with Crippen LogP contribution in [0, 0.1) is 0 Å². The summed E-state index contributed by atoms with van der Waals surface area (Å²) < 4.78 is 0. The number of hydrogen-bond acceptors (Lipinski definition) is 5.